The van der Waals surface area contributed by atoms with Gasteiger partial charge in [0.25, 0.3) is 0 Å². The summed E-state index contributed by atoms with van der Waals surface area (Å²) < 4.78 is 0. The molecule has 1 aliphatic heterocycles. The quantitative estimate of drug-likeness (QED) is 0.879. The van der Waals surface area contributed by atoms with Gasteiger partial charge >= 0.3 is 0 Å². The Bertz CT molecular complexity index is 297. The van der Waals surface area contributed by atoms with Crippen molar-refractivity contribution in [3.8, 4) is 0 Å². The maximum atomic E-state index is 3.52. The zero-order valence-electron chi connectivity index (χ0n) is 12.2. The molecule has 0 radical (unpaired) electrons. The van der Waals surface area contributed by atoms with Crippen molar-refractivity contribution in [2.75, 3.05) is 19.6 Å². The number of likely N-dealkylation sites (N-methyl/N-ethyl adjacent to an activating group) is 1. The second-order valence-electron chi connectivity index (χ2n) is 4.97. The molecule has 1 N–H and O–H groups in total. The third-order valence-corrected chi connectivity index (χ3v) is 3.01. The van der Waals surface area contributed by atoms with Crippen molar-refractivity contribution < 1.29 is 0 Å². The molecule has 1 aliphatic rings. The van der Waals surface area contributed by atoms with Crippen molar-refractivity contribution in [1.29, 1.82) is 0 Å². The fourth-order valence-electron chi connectivity index (χ4n) is 2.27. The Balaban J connectivity index is 0.000000492. The molecule has 102 valence electrons. The largest absolute Gasteiger partial charge is 0.313 e. The molecule has 0 bridgehead atoms. The molecule has 1 unspecified atom stereocenters. The molecule has 0 aromatic heterocycles. The van der Waals surface area contributed by atoms with Crippen molar-refractivity contribution >= 4 is 0 Å². The molecule has 1 heterocycles. The van der Waals surface area contributed by atoms with E-state index < -0.39 is 0 Å². The minimum Gasteiger partial charge on any atom is -0.313 e. The number of hydrogen-bond donors (Lipinski definition) is 1. The first kappa shape index (κ1) is 15.2. The lowest BCUT2D eigenvalue weighted by Gasteiger charge is -2.16. The molecule has 1 saturated heterocycles. The summed E-state index contributed by atoms with van der Waals surface area (Å²) in [6.07, 6.45) is 2.54. The molecule has 2 nitrogen and oxygen atoms in total. The average molecular weight is 248 g/mol. The van der Waals surface area contributed by atoms with E-state index in [2.05, 4.69) is 61.3 Å². The molecule has 1 aromatic carbocycles. The summed E-state index contributed by atoms with van der Waals surface area (Å²) in [5.74, 6) is 0. The third kappa shape index (κ3) is 5.65. The van der Waals surface area contributed by atoms with Crippen LogP contribution in [0, 0.1) is 0 Å². The molecule has 18 heavy (non-hydrogen) atoms. The lowest BCUT2D eigenvalue weighted by atomic mass is 10.2. The van der Waals surface area contributed by atoms with Gasteiger partial charge in [-0.15, -0.1) is 0 Å². The Labute approximate surface area is 112 Å². The van der Waals surface area contributed by atoms with Gasteiger partial charge in [0.1, 0.15) is 0 Å². The van der Waals surface area contributed by atoms with Crippen LogP contribution in [0.1, 0.15) is 39.2 Å². The molecule has 1 aromatic rings. The zero-order valence-corrected chi connectivity index (χ0v) is 12.2. The van der Waals surface area contributed by atoms with E-state index >= 15 is 0 Å². The van der Waals surface area contributed by atoms with Crippen LogP contribution >= 0.6 is 0 Å². The molecular formula is C16H28N2. The highest BCUT2D eigenvalue weighted by molar-refractivity contribution is 5.14. The fourth-order valence-corrected chi connectivity index (χ4v) is 2.27. The maximum Gasteiger partial charge on any atom is 0.0234 e. The van der Waals surface area contributed by atoms with E-state index in [9.17, 15) is 0 Å². The van der Waals surface area contributed by atoms with Crippen LogP contribution in [0.3, 0.4) is 0 Å². The van der Waals surface area contributed by atoms with Crippen molar-refractivity contribution in [3.05, 3.63) is 35.9 Å². The van der Waals surface area contributed by atoms with E-state index in [1.54, 1.807) is 0 Å². The van der Waals surface area contributed by atoms with Gasteiger partial charge in [0, 0.05) is 25.7 Å². The van der Waals surface area contributed by atoms with Gasteiger partial charge in [0.15, 0.2) is 0 Å². The van der Waals surface area contributed by atoms with E-state index in [-0.39, 0.29) is 0 Å². The molecular weight excluding hydrogens is 220 g/mol. The van der Waals surface area contributed by atoms with Crippen LogP contribution in [0.2, 0.25) is 0 Å². The van der Waals surface area contributed by atoms with E-state index in [1.807, 2.05) is 0 Å². The van der Waals surface area contributed by atoms with E-state index in [0.717, 1.165) is 13.1 Å². The summed E-state index contributed by atoms with van der Waals surface area (Å²) in [6.45, 7) is 11.0. The van der Waals surface area contributed by atoms with Crippen molar-refractivity contribution in [3.63, 3.8) is 0 Å². The monoisotopic (exact) mass is 248 g/mol. The number of rotatable bonds is 4. The summed E-state index contributed by atoms with van der Waals surface area (Å²) in [5.41, 5.74) is 1.43. The van der Waals surface area contributed by atoms with Gasteiger partial charge in [-0.05, 0) is 18.5 Å². The number of hydrogen-bond acceptors (Lipinski definition) is 2. The van der Waals surface area contributed by atoms with E-state index in [0.29, 0.717) is 6.04 Å². The minimum atomic E-state index is 0.707. The van der Waals surface area contributed by atoms with Crippen LogP contribution in [0.5, 0.6) is 0 Å². The SMILES string of the molecule is CCC.CCNC1CCN(Cc2ccccc2)C1. The molecule has 0 saturated carbocycles. The first-order valence-electron chi connectivity index (χ1n) is 7.29. The normalized spacial score (nSPS) is 19.4. The van der Waals surface area contributed by atoms with Gasteiger partial charge in [0.2, 0.25) is 0 Å². The highest BCUT2D eigenvalue weighted by atomic mass is 15.2. The van der Waals surface area contributed by atoms with E-state index in [4.69, 9.17) is 0 Å². The summed E-state index contributed by atoms with van der Waals surface area (Å²) in [4.78, 5) is 2.53. The van der Waals surface area contributed by atoms with Crippen LogP contribution in [0.25, 0.3) is 0 Å². The molecule has 0 amide bonds. The van der Waals surface area contributed by atoms with Crippen molar-refractivity contribution in [2.45, 2.75) is 46.2 Å². The molecule has 1 fully saturated rings. The van der Waals surface area contributed by atoms with Crippen molar-refractivity contribution in [2.24, 2.45) is 0 Å². The zero-order chi connectivity index (χ0) is 13.2. The van der Waals surface area contributed by atoms with Crippen LogP contribution in [-0.2, 0) is 6.54 Å². The van der Waals surface area contributed by atoms with Crippen LogP contribution < -0.4 is 5.32 Å². The highest BCUT2D eigenvalue weighted by Gasteiger charge is 2.20. The van der Waals surface area contributed by atoms with Gasteiger partial charge in [0.05, 0.1) is 0 Å². The second kappa shape index (κ2) is 9.12. The van der Waals surface area contributed by atoms with Gasteiger partial charge in [-0.2, -0.15) is 0 Å². The Kier molecular flexibility index (Phi) is 7.70. The molecule has 1 atom stereocenters. The number of benzene rings is 1. The fraction of sp³-hybridized carbons (Fsp3) is 0.625. The number of nitrogens with one attached hydrogen (secondary N) is 1. The van der Waals surface area contributed by atoms with Crippen molar-refractivity contribution in [1.82, 2.24) is 10.2 Å². The molecule has 0 aliphatic carbocycles. The van der Waals surface area contributed by atoms with Crippen LogP contribution in [0.4, 0.5) is 0 Å². The second-order valence-corrected chi connectivity index (χ2v) is 4.97. The Morgan fingerprint density at radius 1 is 1.17 bits per heavy atom. The Morgan fingerprint density at radius 2 is 1.83 bits per heavy atom. The number of likely N-dealkylation sites (tertiary alicyclic amines) is 1. The topological polar surface area (TPSA) is 15.3 Å². The van der Waals surface area contributed by atoms with Gasteiger partial charge in [-0.1, -0.05) is 57.5 Å². The van der Waals surface area contributed by atoms with Gasteiger partial charge < -0.3 is 5.32 Å². The molecule has 2 rings (SSSR count). The smallest absolute Gasteiger partial charge is 0.0234 e. The van der Waals surface area contributed by atoms with Crippen LogP contribution in [-0.4, -0.2) is 30.6 Å². The third-order valence-electron chi connectivity index (χ3n) is 3.01. The Morgan fingerprint density at radius 3 is 2.44 bits per heavy atom. The van der Waals surface area contributed by atoms with Gasteiger partial charge in [-0.25, -0.2) is 0 Å². The standard InChI is InChI=1S/C13H20N2.C3H8/c1-2-14-13-8-9-15(11-13)10-12-6-4-3-5-7-12;1-3-2/h3-7,13-14H,2,8-11H2,1H3;3H2,1-2H3. The maximum absolute atomic E-state index is 3.52. The lowest BCUT2D eigenvalue weighted by Crippen LogP contribution is -2.32. The lowest BCUT2D eigenvalue weighted by molar-refractivity contribution is 0.321. The van der Waals surface area contributed by atoms with E-state index in [1.165, 1.54) is 31.5 Å². The summed E-state index contributed by atoms with van der Waals surface area (Å²) in [5, 5.41) is 3.52. The first-order valence-corrected chi connectivity index (χ1v) is 7.29. The summed E-state index contributed by atoms with van der Waals surface area (Å²) in [6, 6.07) is 11.4. The molecule has 2 heteroatoms. The molecule has 0 spiro atoms. The number of nitrogens with zero attached hydrogens (tertiary/aromatic N) is 1. The first-order chi connectivity index (χ1) is 8.80. The van der Waals surface area contributed by atoms with Gasteiger partial charge in [-0.3, -0.25) is 4.90 Å². The minimum absolute atomic E-state index is 0.707. The summed E-state index contributed by atoms with van der Waals surface area (Å²) in [7, 11) is 0. The van der Waals surface area contributed by atoms with Crippen LogP contribution in [0.15, 0.2) is 30.3 Å². The highest BCUT2D eigenvalue weighted by Crippen LogP contribution is 2.12. The average Bonchev–Trinajstić information content (AvgIpc) is 2.79. The Hall–Kier alpha value is -0.860. The predicted molar refractivity (Wildman–Crippen MR) is 79.8 cm³/mol. The summed E-state index contributed by atoms with van der Waals surface area (Å²) >= 11 is 0. The predicted octanol–water partition coefficient (Wildman–Crippen LogP) is 3.29.